The number of aromatic nitrogens is 7. The van der Waals surface area contributed by atoms with Crippen molar-refractivity contribution >= 4 is 136 Å². The summed E-state index contributed by atoms with van der Waals surface area (Å²) in [7, 11) is 0. The number of nitrogens with zero attached hydrogens (tertiary/aromatic N) is 8. The highest BCUT2D eigenvalue weighted by Gasteiger charge is 2.34. The van der Waals surface area contributed by atoms with Crippen LogP contribution in [0.2, 0.25) is 0 Å². The molecule has 3 aliphatic carbocycles. The van der Waals surface area contributed by atoms with Crippen LogP contribution in [0.15, 0.2) is 510 Å². The largest absolute Gasteiger partial charge is 0.316 e. The summed E-state index contributed by atoms with van der Waals surface area (Å²) in [5.41, 5.74) is 39.6. The molecule has 0 unspecified atom stereocenters. The van der Waals surface area contributed by atoms with E-state index < -0.39 is 0 Å². The van der Waals surface area contributed by atoms with Crippen LogP contribution in [-0.2, 0) is 0 Å². The molecule has 3 aliphatic rings. The first-order chi connectivity index (χ1) is 71.5. The SMILES string of the molecule is c1ccc(-c2nc(-n3cc4c5c(cccc53)-c3c(c5ccccc5c5ccccc35)-c3ccccc3-4)nc3ccccc23)cc1.c1ccc(-c2nc3ccccc3nc2-n2cc3c4c(cccc42)-c2c(c4ccccc4c4ccccc24)-c2ccccc2-3)cc1.c1ccc(N(c2ccccc2)c2ccc(-c3ccc(-n4cc5c6c(cccc64)-c4c(c6ccccc6c6ccccc46)-c4ccccc4-5)cc3)cc2)cc1. The van der Waals surface area contributed by atoms with Gasteiger partial charge < -0.3 is 9.47 Å². The lowest BCUT2D eigenvalue weighted by Gasteiger charge is -2.25. The van der Waals surface area contributed by atoms with Crippen LogP contribution >= 0.6 is 0 Å². The molecule has 5 aromatic heterocycles. The maximum Gasteiger partial charge on any atom is 0.235 e. The molecule has 23 aromatic carbocycles. The number of para-hydroxylation sites is 5. The Bertz CT molecular complexity index is 10100. The predicted octanol–water partition coefficient (Wildman–Crippen LogP) is 36.1. The lowest BCUT2D eigenvalue weighted by Crippen LogP contribution is -2.09. The Kier molecular flexibility index (Phi) is 18.9. The fourth-order valence-electron chi connectivity index (χ4n) is 23.7. The molecule has 0 bridgehead atoms. The highest BCUT2D eigenvalue weighted by Crippen LogP contribution is 2.59. The summed E-state index contributed by atoms with van der Waals surface area (Å²) in [5.74, 6) is 1.50. The van der Waals surface area contributed by atoms with Gasteiger partial charge in [-0.3, -0.25) is 9.13 Å². The van der Waals surface area contributed by atoms with E-state index in [1.165, 1.54) is 198 Å². The van der Waals surface area contributed by atoms with Gasteiger partial charge in [0.15, 0.2) is 5.82 Å². The first kappa shape index (κ1) is 81.9. The molecule has 0 spiro atoms. The van der Waals surface area contributed by atoms with Crippen molar-refractivity contribution in [3.8, 4) is 151 Å². The van der Waals surface area contributed by atoms with Crippen LogP contribution in [0.4, 0.5) is 17.1 Å². The summed E-state index contributed by atoms with van der Waals surface area (Å²) in [6.45, 7) is 0. The summed E-state index contributed by atoms with van der Waals surface area (Å²) in [6.07, 6.45) is 6.89. The van der Waals surface area contributed by atoms with E-state index in [2.05, 4.69) is 486 Å². The minimum absolute atomic E-state index is 0.669. The monoisotopic (exact) mass is 1830 g/mol. The van der Waals surface area contributed by atoms with Crippen LogP contribution in [0.1, 0.15) is 0 Å². The summed E-state index contributed by atoms with van der Waals surface area (Å²) >= 11 is 0. The van der Waals surface area contributed by atoms with Gasteiger partial charge in [0.2, 0.25) is 5.95 Å². The van der Waals surface area contributed by atoms with E-state index in [1.54, 1.807) is 0 Å². The molecule has 0 atom stereocenters. The molecular formula is C136H84N8. The van der Waals surface area contributed by atoms with Gasteiger partial charge in [0, 0.05) is 90.7 Å². The highest BCUT2D eigenvalue weighted by molar-refractivity contribution is 6.31. The quantitative estimate of drug-likeness (QED) is 0.135. The minimum atomic E-state index is 0.669. The van der Waals surface area contributed by atoms with E-state index >= 15 is 0 Å². The van der Waals surface area contributed by atoms with Gasteiger partial charge >= 0.3 is 0 Å². The zero-order valence-electron chi connectivity index (χ0n) is 78.1. The van der Waals surface area contributed by atoms with E-state index in [1.807, 2.05) is 42.5 Å². The Morgan fingerprint density at radius 2 is 0.444 bits per heavy atom. The summed E-state index contributed by atoms with van der Waals surface area (Å²) in [6, 6.07) is 176. The molecule has 5 heterocycles. The van der Waals surface area contributed by atoms with Crippen molar-refractivity contribution in [3.05, 3.63) is 510 Å². The van der Waals surface area contributed by atoms with Crippen molar-refractivity contribution < 1.29 is 0 Å². The molecule has 28 aromatic rings. The standard InChI is InChI=1S/C52H34N2.2C42H25N3/c1-3-14-38(15-4-1)54(39-16-5-2-6-17-39)40-32-28-36(29-33-40)35-26-30-37(31-27-35)53-34-48-43-20-9-12-23-46(43)51-44-21-10-7-18-41(44)42-19-8-11-22-45(42)52(51)47-24-13-25-49(53)50(47)48;1-2-13-26(14-3-1)41-42(44-36-23-11-10-22-35(36)43-41)45-25-34-29-17-6-9-20-32(29)39-30-18-7-4-15-27(30)28-16-5-8-19-31(28)40(39)33-21-12-24-37(45)38(33)34;1-2-13-26(14-3-1)41-33-21-10-11-23-36(33)43-42(44-41)45-25-35-29-17-6-9-20-32(29)39-30-18-7-4-15-27(30)28-16-5-8-19-31(28)40(39)34-22-12-24-37(45)38(34)35/h1-34H;2*1-25H. The molecular weight excluding hydrogens is 1750 g/mol. The molecule has 0 saturated heterocycles. The van der Waals surface area contributed by atoms with E-state index in [0.717, 1.165) is 84.1 Å². The fourth-order valence-corrected chi connectivity index (χ4v) is 23.7. The second-order valence-electron chi connectivity index (χ2n) is 37.6. The van der Waals surface area contributed by atoms with Crippen molar-refractivity contribution in [1.29, 1.82) is 0 Å². The Morgan fingerprint density at radius 1 is 0.160 bits per heavy atom. The predicted molar refractivity (Wildman–Crippen MR) is 602 cm³/mol. The molecule has 0 amide bonds. The Hall–Kier alpha value is -19.3. The van der Waals surface area contributed by atoms with Crippen molar-refractivity contribution in [1.82, 2.24) is 33.6 Å². The molecule has 0 saturated carbocycles. The number of benzene rings is 23. The first-order valence-corrected chi connectivity index (χ1v) is 49.3. The number of hydrogen-bond acceptors (Lipinski definition) is 5. The minimum Gasteiger partial charge on any atom is -0.316 e. The smallest absolute Gasteiger partial charge is 0.235 e. The summed E-state index contributed by atoms with van der Waals surface area (Å²) in [4.78, 5) is 23.2. The topological polar surface area (TPSA) is 69.6 Å². The molecule has 8 nitrogen and oxygen atoms in total. The zero-order chi connectivity index (χ0) is 94.6. The first-order valence-electron chi connectivity index (χ1n) is 49.3. The van der Waals surface area contributed by atoms with E-state index in [-0.39, 0.29) is 0 Å². The summed E-state index contributed by atoms with van der Waals surface area (Å²) < 4.78 is 6.84. The van der Waals surface area contributed by atoms with Gasteiger partial charge in [0.05, 0.1) is 38.8 Å². The molecule has 0 fully saturated rings. The molecule has 31 rings (SSSR count). The second-order valence-corrected chi connectivity index (χ2v) is 37.6. The Morgan fingerprint density at radius 3 is 0.854 bits per heavy atom. The van der Waals surface area contributed by atoms with Gasteiger partial charge in [0.25, 0.3) is 0 Å². The van der Waals surface area contributed by atoms with E-state index in [4.69, 9.17) is 19.9 Å². The lowest BCUT2D eigenvalue weighted by molar-refractivity contribution is 0.985. The van der Waals surface area contributed by atoms with Crippen molar-refractivity contribution in [2.45, 2.75) is 0 Å². The van der Waals surface area contributed by atoms with Crippen molar-refractivity contribution in [2.24, 2.45) is 0 Å². The molecule has 668 valence electrons. The van der Waals surface area contributed by atoms with Crippen LogP contribution < -0.4 is 4.90 Å². The molecule has 144 heavy (non-hydrogen) atoms. The van der Waals surface area contributed by atoms with Crippen LogP contribution in [0.5, 0.6) is 0 Å². The van der Waals surface area contributed by atoms with Gasteiger partial charge in [-0.2, -0.15) is 0 Å². The van der Waals surface area contributed by atoms with Crippen molar-refractivity contribution in [3.63, 3.8) is 0 Å². The second kappa shape index (κ2) is 33.3. The summed E-state index contributed by atoms with van der Waals surface area (Å²) in [5, 5.41) is 20.2. The van der Waals surface area contributed by atoms with Crippen LogP contribution in [0, 0.1) is 0 Å². The maximum atomic E-state index is 5.28. The maximum absolute atomic E-state index is 5.28. The molecule has 0 aliphatic heterocycles. The van der Waals surface area contributed by atoms with Gasteiger partial charge in [-0.15, -0.1) is 0 Å². The average molecular weight is 1830 g/mol. The van der Waals surface area contributed by atoms with Crippen LogP contribution in [-0.4, -0.2) is 33.6 Å². The third-order valence-corrected chi connectivity index (χ3v) is 29.9. The molecule has 0 N–H and O–H groups in total. The van der Waals surface area contributed by atoms with E-state index in [0.29, 0.717) is 5.95 Å². The van der Waals surface area contributed by atoms with Gasteiger partial charge in [0.1, 0.15) is 5.69 Å². The van der Waals surface area contributed by atoms with Gasteiger partial charge in [-0.05, 0) is 244 Å². The zero-order valence-corrected chi connectivity index (χ0v) is 78.1. The highest BCUT2D eigenvalue weighted by atomic mass is 15.2. The number of fused-ring (bicyclic) bond motifs is 32. The normalized spacial score (nSPS) is 11.9. The number of hydrogen-bond donors (Lipinski definition) is 0. The third kappa shape index (κ3) is 12.9. The van der Waals surface area contributed by atoms with Gasteiger partial charge in [-0.1, -0.05) is 406 Å². The lowest BCUT2D eigenvalue weighted by atomic mass is 9.85. The molecule has 0 radical (unpaired) electrons. The third-order valence-electron chi connectivity index (χ3n) is 29.9. The Labute approximate surface area is 830 Å². The number of anilines is 3. The average Bonchev–Trinajstić information content (AvgIpc) is 1.50. The fraction of sp³-hybridized carbons (Fsp3) is 0. The van der Waals surface area contributed by atoms with Crippen LogP contribution in [0.3, 0.4) is 0 Å². The van der Waals surface area contributed by atoms with E-state index in [9.17, 15) is 0 Å². The van der Waals surface area contributed by atoms with Crippen molar-refractivity contribution in [2.75, 3.05) is 4.90 Å². The van der Waals surface area contributed by atoms with Gasteiger partial charge in [-0.25, -0.2) is 19.9 Å². The number of rotatable bonds is 9. The van der Waals surface area contributed by atoms with Crippen LogP contribution in [0.25, 0.3) is 271 Å². The Balaban J connectivity index is 0.000000103. The molecule has 8 heteroatoms.